The molecule has 1 aromatic rings. The van der Waals surface area contributed by atoms with Crippen LogP contribution in [0.5, 0.6) is 0 Å². The standard InChI is InChI=1S/C12H14O3/c1-2-10-3-5-11(6-4-10)12(14)9-15-8-7-13/h1,3-6,12-14H,7-9H2. The lowest BCUT2D eigenvalue weighted by Crippen LogP contribution is -2.09. The summed E-state index contributed by atoms with van der Waals surface area (Å²) in [6.45, 7) is 0.373. The number of hydrogen-bond donors (Lipinski definition) is 2. The van der Waals surface area contributed by atoms with Crippen molar-refractivity contribution in [3.63, 3.8) is 0 Å². The van der Waals surface area contributed by atoms with E-state index in [9.17, 15) is 5.11 Å². The molecule has 0 aliphatic heterocycles. The molecular formula is C12H14O3. The number of hydrogen-bond acceptors (Lipinski definition) is 3. The third kappa shape index (κ3) is 3.72. The van der Waals surface area contributed by atoms with Crippen LogP contribution < -0.4 is 0 Å². The molecule has 3 heteroatoms. The maximum atomic E-state index is 9.65. The van der Waals surface area contributed by atoms with Gasteiger partial charge in [0.15, 0.2) is 0 Å². The Bertz CT molecular complexity index is 324. The summed E-state index contributed by atoms with van der Waals surface area (Å²) in [4.78, 5) is 0. The molecule has 0 aliphatic carbocycles. The first kappa shape index (κ1) is 11.7. The van der Waals surface area contributed by atoms with E-state index >= 15 is 0 Å². The smallest absolute Gasteiger partial charge is 0.102 e. The molecule has 0 aromatic heterocycles. The van der Waals surface area contributed by atoms with Gasteiger partial charge in [-0.15, -0.1) is 6.42 Å². The van der Waals surface area contributed by atoms with Crippen LogP contribution in [-0.4, -0.2) is 30.0 Å². The highest BCUT2D eigenvalue weighted by atomic mass is 16.5. The Morgan fingerprint density at radius 3 is 2.53 bits per heavy atom. The van der Waals surface area contributed by atoms with Crippen molar-refractivity contribution in [3.8, 4) is 12.3 Å². The number of benzene rings is 1. The van der Waals surface area contributed by atoms with Crippen molar-refractivity contribution in [1.82, 2.24) is 0 Å². The molecule has 0 saturated carbocycles. The molecule has 1 atom stereocenters. The van der Waals surface area contributed by atoms with Gasteiger partial charge in [-0.1, -0.05) is 18.1 Å². The summed E-state index contributed by atoms with van der Waals surface area (Å²) >= 11 is 0. The Labute approximate surface area is 89.3 Å². The van der Waals surface area contributed by atoms with Crippen LogP contribution in [0.2, 0.25) is 0 Å². The Balaban J connectivity index is 2.51. The first-order chi connectivity index (χ1) is 7.27. The van der Waals surface area contributed by atoms with Gasteiger partial charge >= 0.3 is 0 Å². The summed E-state index contributed by atoms with van der Waals surface area (Å²) in [6, 6.07) is 7.07. The minimum Gasteiger partial charge on any atom is -0.394 e. The summed E-state index contributed by atoms with van der Waals surface area (Å²) in [7, 11) is 0. The molecule has 80 valence electrons. The molecule has 0 amide bonds. The van der Waals surface area contributed by atoms with Crippen LogP contribution in [0.1, 0.15) is 17.2 Å². The molecule has 1 aromatic carbocycles. The topological polar surface area (TPSA) is 49.7 Å². The van der Waals surface area contributed by atoms with E-state index in [4.69, 9.17) is 16.3 Å². The van der Waals surface area contributed by atoms with Crippen LogP contribution in [0.4, 0.5) is 0 Å². The summed E-state index contributed by atoms with van der Waals surface area (Å²) in [6.07, 6.45) is 4.53. The Morgan fingerprint density at radius 1 is 1.33 bits per heavy atom. The van der Waals surface area contributed by atoms with Crippen molar-refractivity contribution in [1.29, 1.82) is 0 Å². The quantitative estimate of drug-likeness (QED) is 0.551. The molecule has 15 heavy (non-hydrogen) atoms. The highest BCUT2D eigenvalue weighted by Crippen LogP contribution is 2.13. The molecule has 3 nitrogen and oxygen atoms in total. The second-order valence-corrected chi connectivity index (χ2v) is 3.08. The zero-order valence-electron chi connectivity index (χ0n) is 8.39. The molecular weight excluding hydrogens is 192 g/mol. The number of terminal acetylenes is 1. The van der Waals surface area contributed by atoms with E-state index in [1.54, 1.807) is 24.3 Å². The van der Waals surface area contributed by atoms with Crippen molar-refractivity contribution in [2.24, 2.45) is 0 Å². The molecule has 0 radical (unpaired) electrons. The van der Waals surface area contributed by atoms with Crippen molar-refractivity contribution >= 4 is 0 Å². The Morgan fingerprint density at radius 2 is 2.00 bits per heavy atom. The van der Waals surface area contributed by atoms with Crippen LogP contribution in [-0.2, 0) is 4.74 Å². The average Bonchev–Trinajstić information content (AvgIpc) is 2.29. The van der Waals surface area contributed by atoms with Gasteiger partial charge in [0.2, 0.25) is 0 Å². The van der Waals surface area contributed by atoms with Gasteiger partial charge in [0.25, 0.3) is 0 Å². The number of aliphatic hydroxyl groups excluding tert-OH is 2. The van der Waals surface area contributed by atoms with Gasteiger partial charge in [0, 0.05) is 5.56 Å². The minimum absolute atomic E-state index is 0.0389. The zero-order chi connectivity index (χ0) is 11.1. The zero-order valence-corrected chi connectivity index (χ0v) is 8.39. The van der Waals surface area contributed by atoms with E-state index < -0.39 is 6.10 Å². The Kier molecular flexibility index (Phi) is 4.85. The van der Waals surface area contributed by atoms with E-state index in [-0.39, 0.29) is 19.8 Å². The molecule has 1 unspecified atom stereocenters. The van der Waals surface area contributed by atoms with Crippen LogP contribution in [0, 0.1) is 12.3 Å². The highest BCUT2D eigenvalue weighted by Gasteiger charge is 2.06. The first-order valence-electron chi connectivity index (χ1n) is 4.71. The number of ether oxygens (including phenoxy) is 1. The average molecular weight is 206 g/mol. The van der Waals surface area contributed by atoms with Gasteiger partial charge in [0.1, 0.15) is 6.10 Å². The number of rotatable bonds is 5. The van der Waals surface area contributed by atoms with Crippen LogP contribution >= 0.6 is 0 Å². The van der Waals surface area contributed by atoms with Gasteiger partial charge in [-0.2, -0.15) is 0 Å². The second-order valence-electron chi connectivity index (χ2n) is 3.08. The maximum absolute atomic E-state index is 9.65. The fraction of sp³-hybridized carbons (Fsp3) is 0.333. The lowest BCUT2D eigenvalue weighted by Gasteiger charge is -2.10. The van der Waals surface area contributed by atoms with Crippen LogP contribution in [0.3, 0.4) is 0 Å². The van der Waals surface area contributed by atoms with E-state index in [1.807, 2.05) is 0 Å². The maximum Gasteiger partial charge on any atom is 0.102 e. The molecule has 0 fully saturated rings. The summed E-state index contributed by atoms with van der Waals surface area (Å²) in [5.41, 5.74) is 1.54. The van der Waals surface area contributed by atoms with E-state index in [0.717, 1.165) is 11.1 Å². The largest absolute Gasteiger partial charge is 0.394 e. The van der Waals surface area contributed by atoms with Gasteiger partial charge < -0.3 is 14.9 Å². The third-order valence-electron chi connectivity index (χ3n) is 1.97. The lowest BCUT2D eigenvalue weighted by molar-refractivity contribution is 0.0206. The normalized spacial score (nSPS) is 12.1. The van der Waals surface area contributed by atoms with E-state index in [2.05, 4.69) is 5.92 Å². The SMILES string of the molecule is C#Cc1ccc(C(O)COCCO)cc1. The summed E-state index contributed by atoms with van der Waals surface area (Å²) < 4.78 is 5.02. The monoisotopic (exact) mass is 206 g/mol. The molecule has 0 heterocycles. The highest BCUT2D eigenvalue weighted by molar-refractivity contribution is 5.34. The van der Waals surface area contributed by atoms with Crippen molar-refractivity contribution in [2.45, 2.75) is 6.10 Å². The molecule has 0 spiro atoms. The summed E-state index contributed by atoms with van der Waals surface area (Å²) in [5, 5.41) is 18.1. The van der Waals surface area contributed by atoms with Gasteiger partial charge in [-0.05, 0) is 17.7 Å². The first-order valence-corrected chi connectivity index (χ1v) is 4.71. The van der Waals surface area contributed by atoms with E-state index in [0.29, 0.717) is 0 Å². The van der Waals surface area contributed by atoms with Crippen molar-refractivity contribution in [2.75, 3.05) is 19.8 Å². The van der Waals surface area contributed by atoms with Gasteiger partial charge in [-0.25, -0.2) is 0 Å². The third-order valence-corrected chi connectivity index (χ3v) is 1.97. The predicted octanol–water partition coefficient (Wildman–Crippen LogP) is 0.710. The lowest BCUT2D eigenvalue weighted by atomic mass is 10.1. The number of aliphatic hydroxyl groups is 2. The molecule has 0 bridgehead atoms. The summed E-state index contributed by atoms with van der Waals surface area (Å²) in [5.74, 6) is 2.50. The Hall–Kier alpha value is -1.34. The van der Waals surface area contributed by atoms with Crippen molar-refractivity contribution < 1.29 is 14.9 Å². The molecule has 0 aliphatic rings. The second kappa shape index (κ2) is 6.20. The fourth-order valence-electron chi connectivity index (χ4n) is 1.16. The van der Waals surface area contributed by atoms with Gasteiger partial charge in [0.05, 0.1) is 19.8 Å². The molecule has 0 saturated heterocycles. The van der Waals surface area contributed by atoms with Crippen LogP contribution in [0.25, 0.3) is 0 Å². The van der Waals surface area contributed by atoms with Gasteiger partial charge in [-0.3, -0.25) is 0 Å². The predicted molar refractivity (Wildman–Crippen MR) is 57.2 cm³/mol. The van der Waals surface area contributed by atoms with E-state index in [1.165, 1.54) is 0 Å². The van der Waals surface area contributed by atoms with Crippen molar-refractivity contribution in [3.05, 3.63) is 35.4 Å². The minimum atomic E-state index is -0.677. The molecule has 2 N–H and O–H groups in total. The fourth-order valence-corrected chi connectivity index (χ4v) is 1.16. The van der Waals surface area contributed by atoms with Crippen LogP contribution in [0.15, 0.2) is 24.3 Å². The molecule has 1 rings (SSSR count).